The lowest BCUT2D eigenvalue weighted by Crippen LogP contribution is -2.36. The highest BCUT2D eigenvalue weighted by molar-refractivity contribution is 6.08. The van der Waals surface area contributed by atoms with E-state index in [0.717, 1.165) is 5.56 Å². The van der Waals surface area contributed by atoms with Gasteiger partial charge < -0.3 is 4.74 Å². The largest absolute Gasteiger partial charge is 0.444 e. The molecule has 6 heteroatoms. The van der Waals surface area contributed by atoms with Crippen molar-refractivity contribution in [3.05, 3.63) is 34.9 Å². The van der Waals surface area contributed by atoms with E-state index in [1.165, 1.54) is 13.8 Å². The Balaban J connectivity index is 2.41. The van der Waals surface area contributed by atoms with Crippen LogP contribution in [0, 0.1) is 0 Å². The van der Waals surface area contributed by atoms with Gasteiger partial charge in [0.1, 0.15) is 11.4 Å². The van der Waals surface area contributed by atoms with E-state index in [1.807, 2.05) is 0 Å². The molecule has 0 atom stereocenters. The van der Waals surface area contributed by atoms with Gasteiger partial charge in [-0.3, -0.25) is 14.9 Å². The minimum absolute atomic E-state index is 0.0836. The van der Waals surface area contributed by atoms with Crippen LogP contribution in [-0.2, 0) is 9.53 Å². The number of alkyl carbamates (subject to hydrolysis) is 1. The third-order valence-electron chi connectivity index (χ3n) is 3.48. The molecule has 0 unspecified atom stereocenters. The second-order valence-corrected chi connectivity index (χ2v) is 6.92. The number of carbonyl (C=O) groups excluding carboxylic acids is 3. The van der Waals surface area contributed by atoms with E-state index in [-0.39, 0.29) is 18.0 Å². The van der Waals surface area contributed by atoms with Crippen molar-refractivity contribution >= 4 is 35.3 Å². The molecule has 1 aromatic rings. The summed E-state index contributed by atoms with van der Waals surface area (Å²) in [4.78, 5) is 39.9. The molecule has 1 amide bonds. The van der Waals surface area contributed by atoms with Crippen molar-refractivity contribution in [2.24, 2.45) is 4.99 Å². The van der Waals surface area contributed by atoms with Gasteiger partial charge in [-0.05, 0) is 46.8 Å². The van der Waals surface area contributed by atoms with E-state index in [0.29, 0.717) is 22.7 Å². The van der Waals surface area contributed by atoms with Crippen LogP contribution in [0.25, 0.3) is 6.08 Å². The third kappa shape index (κ3) is 5.11. The Morgan fingerprint density at radius 2 is 1.80 bits per heavy atom. The number of nitrogens with one attached hydrogen (secondary N) is 1. The fourth-order valence-corrected chi connectivity index (χ4v) is 2.31. The van der Waals surface area contributed by atoms with Crippen LogP contribution >= 0.6 is 0 Å². The first-order valence-electron chi connectivity index (χ1n) is 7.99. The van der Waals surface area contributed by atoms with Gasteiger partial charge in [0.2, 0.25) is 0 Å². The van der Waals surface area contributed by atoms with Gasteiger partial charge in [-0.1, -0.05) is 12.1 Å². The van der Waals surface area contributed by atoms with E-state index < -0.39 is 11.7 Å². The van der Waals surface area contributed by atoms with Crippen LogP contribution in [0.1, 0.15) is 57.0 Å². The average Bonchev–Trinajstić information content (AvgIpc) is 2.62. The lowest BCUT2D eigenvalue weighted by atomic mass is 10.0. The van der Waals surface area contributed by atoms with Gasteiger partial charge >= 0.3 is 6.09 Å². The van der Waals surface area contributed by atoms with Crippen molar-refractivity contribution in [3.8, 4) is 0 Å². The molecule has 2 rings (SSSR count). The summed E-state index contributed by atoms with van der Waals surface area (Å²) in [6.07, 6.45) is 1.27. The second kappa shape index (κ2) is 7.01. The lowest BCUT2D eigenvalue weighted by Gasteiger charge is -2.20. The van der Waals surface area contributed by atoms with Crippen LogP contribution in [0.3, 0.4) is 0 Å². The van der Waals surface area contributed by atoms with E-state index in [2.05, 4.69) is 10.3 Å². The smallest absolute Gasteiger partial charge is 0.413 e. The highest BCUT2D eigenvalue weighted by Gasteiger charge is 2.21. The number of carbonyl (C=O) groups is 3. The molecule has 1 aliphatic rings. The van der Waals surface area contributed by atoms with Crippen LogP contribution in [0.5, 0.6) is 0 Å². The average molecular weight is 342 g/mol. The number of Topliss-reactive ketones (excluding diaryl/α,β-unsaturated/α-hetero) is 2. The molecule has 0 saturated heterocycles. The minimum atomic E-state index is -0.645. The number of hydrogen-bond donors (Lipinski definition) is 1. The van der Waals surface area contributed by atoms with E-state index in [1.54, 1.807) is 45.0 Å². The summed E-state index contributed by atoms with van der Waals surface area (Å²) >= 11 is 0. The molecule has 0 spiro atoms. The van der Waals surface area contributed by atoms with Crippen LogP contribution in [0.2, 0.25) is 0 Å². The van der Waals surface area contributed by atoms with Gasteiger partial charge in [0, 0.05) is 23.1 Å². The number of ketones is 2. The van der Waals surface area contributed by atoms with Crippen molar-refractivity contribution in [3.63, 3.8) is 0 Å². The van der Waals surface area contributed by atoms with Crippen molar-refractivity contribution in [2.75, 3.05) is 0 Å². The predicted molar refractivity (Wildman–Crippen MR) is 96.2 cm³/mol. The quantitative estimate of drug-likeness (QED) is 0.828. The SMILES string of the molecule is CC(=O)C1=Cc2ccc(C(C)=O)cc2N=C(NC(=O)OC(C)(C)C)C1. The summed E-state index contributed by atoms with van der Waals surface area (Å²) in [6.45, 7) is 8.22. The van der Waals surface area contributed by atoms with Gasteiger partial charge in [-0.15, -0.1) is 0 Å². The summed E-state index contributed by atoms with van der Waals surface area (Å²) in [5.74, 6) is 0.108. The predicted octanol–water partition coefficient (Wildman–Crippen LogP) is 3.82. The summed E-state index contributed by atoms with van der Waals surface area (Å²) in [5.41, 5.74) is 1.63. The second-order valence-electron chi connectivity index (χ2n) is 6.92. The van der Waals surface area contributed by atoms with Crippen LogP contribution in [0.4, 0.5) is 10.5 Å². The Kier molecular flexibility index (Phi) is 5.21. The molecule has 1 heterocycles. The van der Waals surface area contributed by atoms with Crippen molar-refractivity contribution in [1.29, 1.82) is 0 Å². The molecule has 0 radical (unpaired) electrons. The number of rotatable bonds is 2. The number of aliphatic imine (C=N–C) groups is 1. The zero-order valence-corrected chi connectivity index (χ0v) is 15.1. The van der Waals surface area contributed by atoms with Gasteiger partial charge in [0.05, 0.1) is 5.69 Å². The molecule has 0 fully saturated rings. The molecule has 6 nitrogen and oxygen atoms in total. The molecule has 0 bridgehead atoms. The van der Waals surface area contributed by atoms with Crippen molar-refractivity contribution in [2.45, 2.75) is 46.6 Å². The Morgan fingerprint density at radius 1 is 1.12 bits per heavy atom. The molecule has 25 heavy (non-hydrogen) atoms. The third-order valence-corrected chi connectivity index (χ3v) is 3.48. The highest BCUT2D eigenvalue weighted by atomic mass is 16.6. The monoisotopic (exact) mass is 342 g/mol. The Labute approximate surface area is 147 Å². The number of fused-ring (bicyclic) bond motifs is 1. The molecular weight excluding hydrogens is 320 g/mol. The topological polar surface area (TPSA) is 84.8 Å². The number of hydrogen-bond acceptors (Lipinski definition) is 5. The maximum absolute atomic E-state index is 12.0. The molecule has 1 N–H and O–H groups in total. The Bertz CT molecular complexity index is 798. The van der Waals surface area contributed by atoms with Gasteiger partial charge in [-0.2, -0.15) is 0 Å². The number of amides is 1. The number of nitrogens with zero attached hydrogens (tertiary/aromatic N) is 1. The number of ether oxygens (including phenoxy) is 1. The first kappa shape index (κ1) is 18.6. The summed E-state index contributed by atoms with van der Waals surface area (Å²) < 4.78 is 5.24. The Morgan fingerprint density at radius 3 is 2.36 bits per heavy atom. The summed E-state index contributed by atoms with van der Waals surface area (Å²) in [7, 11) is 0. The fourth-order valence-electron chi connectivity index (χ4n) is 2.31. The number of amidine groups is 1. The standard InChI is InChI=1S/C19H22N2O4/c1-11(22)13-6-7-14-8-15(12(2)23)10-17(20-16(14)9-13)21-18(24)25-19(3,4)5/h6-9H,10H2,1-5H3,(H,20,21,24). The molecule has 0 aromatic heterocycles. The van der Waals surface area contributed by atoms with Crippen LogP contribution in [-0.4, -0.2) is 29.1 Å². The fraction of sp³-hybridized carbons (Fsp3) is 0.368. The zero-order chi connectivity index (χ0) is 18.8. The normalized spacial score (nSPS) is 13.8. The lowest BCUT2D eigenvalue weighted by molar-refractivity contribution is -0.113. The maximum atomic E-state index is 12.0. The first-order chi connectivity index (χ1) is 11.5. The first-order valence-corrected chi connectivity index (χ1v) is 7.99. The summed E-state index contributed by atoms with van der Waals surface area (Å²) in [5, 5.41) is 2.60. The van der Waals surface area contributed by atoms with Crippen LogP contribution in [0.15, 0.2) is 28.8 Å². The van der Waals surface area contributed by atoms with Crippen molar-refractivity contribution < 1.29 is 19.1 Å². The minimum Gasteiger partial charge on any atom is -0.444 e. The number of benzene rings is 1. The highest BCUT2D eigenvalue weighted by Crippen LogP contribution is 2.28. The Hall–Kier alpha value is -2.76. The molecule has 1 aliphatic heterocycles. The van der Waals surface area contributed by atoms with E-state index >= 15 is 0 Å². The summed E-state index contributed by atoms with van der Waals surface area (Å²) in [6, 6.07) is 5.08. The molecule has 1 aromatic carbocycles. The molecule has 132 valence electrons. The van der Waals surface area contributed by atoms with Crippen molar-refractivity contribution in [1.82, 2.24) is 5.32 Å². The molecular formula is C19H22N2O4. The maximum Gasteiger partial charge on any atom is 0.413 e. The van der Waals surface area contributed by atoms with Crippen LogP contribution < -0.4 is 5.32 Å². The van der Waals surface area contributed by atoms with E-state index in [4.69, 9.17) is 4.74 Å². The zero-order valence-electron chi connectivity index (χ0n) is 15.1. The van der Waals surface area contributed by atoms with Gasteiger partial charge in [0.15, 0.2) is 11.6 Å². The van der Waals surface area contributed by atoms with Gasteiger partial charge in [0.25, 0.3) is 0 Å². The molecule has 0 saturated carbocycles. The molecule has 0 aliphatic carbocycles. The van der Waals surface area contributed by atoms with Gasteiger partial charge in [-0.25, -0.2) is 9.79 Å². The van der Waals surface area contributed by atoms with E-state index in [9.17, 15) is 14.4 Å².